The van der Waals surface area contributed by atoms with Crippen molar-refractivity contribution >= 4 is 22.8 Å². The number of benzene rings is 2. The predicted octanol–water partition coefficient (Wildman–Crippen LogP) is 5.94. The van der Waals surface area contributed by atoms with E-state index in [0.717, 1.165) is 40.1 Å². The molecule has 0 amide bonds. The third kappa shape index (κ3) is 3.83. The van der Waals surface area contributed by atoms with Gasteiger partial charge in [-0.15, -0.1) is 0 Å². The highest BCUT2D eigenvalue weighted by Gasteiger charge is 2.30. The molecule has 1 aromatic heterocycles. The number of hydrogen-bond donors (Lipinski definition) is 0. The summed E-state index contributed by atoms with van der Waals surface area (Å²) in [6.45, 7) is 9.38. The monoisotopic (exact) mass is 417 g/mol. The highest BCUT2D eigenvalue weighted by atomic mass is 16.5. The van der Waals surface area contributed by atoms with Crippen molar-refractivity contribution in [3.8, 4) is 17.2 Å². The van der Waals surface area contributed by atoms with E-state index in [2.05, 4.69) is 11.5 Å². The minimum atomic E-state index is -0.116. The van der Waals surface area contributed by atoms with Gasteiger partial charge in [0.05, 0.1) is 12.7 Å². The lowest BCUT2D eigenvalue weighted by Gasteiger charge is -2.10. The lowest BCUT2D eigenvalue weighted by molar-refractivity contribution is 0.101. The van der Waals surface area contributed by atoms with Crippen molar-refractivity contribution in [1.82, 2.24) is 4.57 Å². The van der Waals surface area contributed by atoms with E-state index in [-0.39, 0.29) is 5.78 Å². The predicted molar refractivity (Wildman–Crippen MR) is 123 cm³/mol. The molecular formula is C26H27NO4. The molecule has 0 aliphatic carbocycles. The van der Waals surface area contributed by atoms with Crippen LogP contribution in [-0.4, -0.2) is 24.1 Å². The molecule has 5 nitrogen and oxygen atoms in total. The molecule has 0 unspecified atom stereocenters. The summed E-state index contributed by atoms with van der Waals surface area (Å²) in [6.07, 6.45) is 5.87. The summed E-state index contributed by atoms with van der Waals surface area (Å²) in [5.74, 6) is 2.27. The number of nitrogens with zero attached hydrogens (tertiary/aromatic N) is 1. The number of aryl methyl sites for hydroxylation is 1. The van der Waals surface area contributed by atoms with Crippen molar-refractivity contribution in [3.05, 3.63) is 70.6 Å². The van der Waals surface area contributed by atoms with Gasteiger partial charge in [-0.05, 0) is 70.2 Å². The van der Waals surface area contributed by atoms with Crippen LogP contribution < -0.4 is 14.2 Å². The maximum atomic E-state index is 13.0. The topological polar surface area (TPSA) is 49.7 Å². The number of carbonyl (C=O) groups is 1. The van der Waals surface area contributed by atoms with Crippen molar-refractivity contribution in [1.29, 1.82) is 0 Å². The number of rotatable bonds is 6. The molecule has 0 saturated heterocycles. The third-order valence-corrected chi connectivity index (χ3v) is 5.51. The Morgan fingerprint density at radius 3 is 2.71 bits per heavy atom. The highest BCUT2D eigenvalue weighted by molar-refractivity contribution is 6.15. The molecule has 0 spiro atoms. The number of aromatic nitrogens is 1. The van der Waals surface area contributed by atoms with E-state index in [9.17, 15) is 4.79 Å². The van der Waals surface area contributed by atoms with Gasteiger partial charge >= 0.3 is 0 Å². The van der Waals surface area contributed by atoms with Crippen molar-refractivity contribution in [2.45, 2.75) is 34.2 Å². The molecule has 0 bridgehead atoms. The van der Waals surface area contributed by atoms with Gasteiger partial charge in [-0.3, -0.25) is 4.79 Å². The number of hydrogen-bond acceptors (Lipinski definition) is 4. The number of methoxy groups -OCH3 is 1. The van der Waals surface area contributed by atoms with Crippen LogP contribution in [-0.2, 0) is 6.54 Å². The average molecular weight is 418 g/mol. The van der Waals surface area contributed by atoms with Crippen LogP contribution in [0.25, 0.3) is 17.0 Å². The molecule has 0 radical (unpaired) electrons. The number of ether oxygens (including phenoxy) is 3. The normalized spacial score (nSPS) is 14.0. The molecule has 1 aliphatic heterocycles. The summed E-state index contributed by atoms with van der Waals surface area (Å²) in [5, 5.41) is 1.02. The minimum absolute atomic E-state index is 0.116. The van der Waals surface area contributed by atoms with Gasteiger partial charge in [-0.1, -0.05) is 5.57 Å². The second-order valence-corrected chi connectivity index (χ2v) is 7.85. The number of allylic oxidation sites excluding steroid dienone is 2. The summed E-state index contributed by atoms with van der Waals surface area (Å²) in [6, 6.07) is 9.58. The molecule has 0 saturated carbocycles. The Morgan fingerprint density at radius 1 is 1.19 bits per heavy atom. The van der Waals surface area contributed by atoms with E-state index in [4.69, 9.17) is 14.2 Å². The molecule has 2 aromatic carbocycles. The van der Waals surface area contributed by atoms with Crippen molar-refractivity contribution < 1.29 is 19.0 Å². The van der Waals surface area contributed by atoms with Crippen LogP contribution in [0.3, 0.4) is 0 Å². The molecule has 0 fully saturated rings. The zero-order chi connectivity index (χ0) is 22.1. The number of carbonyl (C=O) groups excluding carboxylic acids is 1. The first kappa shape index (κ1) is 20.8. The lowest BCUT2D eigenvalue weighted by Crippen LogP contribution is -1.98. The summed E-state index contributed by atoms with van der Waals surface area (Å²) in [4.78, 5) is 13.0. The van der Waals surface area contributed by atoms with Crippen LogP contribution in [0, 0.1) is 6.92 Å². The fourth-order valence-corrected chi connectivity index (χ4v) is 3.77. The van der Waals surface area contributed by atoms with Crippen LogP contribution in [0.15, 0.2) is 53.9 Å². The van der Waals surface area contributed by atoms with Gasteiger partial charge in [0.15, 0.2) is 5.76 Å². The van der Waals surface area contributed by atoms with Gasteiger partial charge < -0.3 is 18.8 Å². The van der Waals surface area contributed by atoms with Crippen LogP contribution in [0.2, 0.25) is 0 Å². The standard InChI is InChI=1S/C26H27NO4/c1-6-27-15-18(21-14-19(29-5)7-9-22(21)27)13-24-25(28)20-8-10-23(17(4)26(20)31-24)30-12-11-16(2)3/h7-11,13-15H,6,12H2,1-5H3. The van der Waals surface area contributed by atoms with Gasteiger partial charge in [0, 0.05) is 34.8 Å². The van der Waals surface area contributed by atoms with Gasteiger partial charge in [-0.25, -0.2) is 0 Å². The van der Waals surface area contributed by atoms with Crippen molar-refractivity contribution in [3.63, 3.8) is 0 Å². The Hall–Kier alpha value is -3.47. The second kappa shape index (κ2) is 8.34. The van der Waals surface area contributed by atoms with Crippen molar-refractivity contribution in [2.24, 2.45) is 0 Å². The van der Waals surface area contributed by atoms with E-state index in [1.54, 1.807) is 13.2 Å². The molecule has 5 heteroatoms. The Labute approximate surface area is 182 Å². The van der Waals surface area contributed by atoms with E-state index in [0.29, 0.717) is 23.7 Å². The summed E-state index contributed by atoms with van der Waals surface area (Å²) in [5.41, 5.74) is 4.59. The molecular weight excluding hydrogens is 390 g/mol. The summed E-state index contributed by atoms with van der Waals surface area (Å²) < 4.78 is 19.4. The Bertz CT molecular complexity index is 1230. The molecule has 0 N–H and O–H groups in total. The van der Waals surface area contributed by atoms with E-state index in [1.807, 2.05) is 63.4 Å². The zero-order valence-electron chi connectivity index (χ0n) is 18.6. The van der Waals surface area contributed by atoms with Crippen molar-refractivity contribution in [2.75, 3.05) is 13.7 Å². The lowest BCUT2D eigenvalue weighted by atomic mass is 10.1. The third-order valence-electron chi connectivity index (χ3n) is 5.51. The van der Waals surface area contributed by atoms with Crippen LogP contribution in [0.1, 0.15) is 42.3 Å². The molecule has 2 heterocycles. The molecule has 1 aliphatic rings. The fraction of sp³-hybridized carbons (Fsp3) is 0.269. The van der Waals surface area contributed by atoms with Gasteiger partial charge in [-0.2, -0.15) is 0 Å². The first-order valence-electron chi connectivity index (χ1n) is 10.4. The SMILES string of the molecule is CCn1cc(C=C2Oc3c(ccc(OCC=C(C)C)c3C)C2=O)c2cc(OC)ccc21. The number of fused-ring (bicyclic) bond motifs is 2. The quantitative estimate of drug-likeness (QED) is 0.368. The largest absolute Gasteiger partial charge is 0.497 e. The summed E-state index contributed by atoms with van der Waals surface area (Å²) >= 11 is 0. The van der Waals surface area contributed by atoms with Gasteiger partial charge in [0.25, 0.3) is 0 Å². The Morgan fingerprint density at radius 2 is 2.00 bits per heavy atom. The number of ketones is 1. The van der Waals surface area contributed by atoms with Gasteiger partial charge in [0.1, 0.15) is 23.9 Å². The first-order valence-corrected chi connectivity index (χ1v) is 10.4. The minimum Gasteiger partial charge on any atom is -0.497 e. The molecule has 31 heavy (non-hydrogen) atoms. The number of Topliss-reactive ketones (excluding diaryl/α,β-unsaturated/α-hetero) is 1. The maximum Gasteiger partial charge on any atom is 0.231 e. The summed E-state index contributed by atoms with van der Waals surface area (Å²) in [7, 11) is 1.65. The average Bonchev–Trinajstić information content (AvgIpc) is 3.27. The molecule has 4 rings (SSSR count). The molecule has 160 valence electrons. The highest BCUT2D eigenvalue weighted by Crippen LogP contribution is 2.40. The second-order valence-electron chi connectivity index (χ2n) is 7.85. The maximum absolute atomic E-state index is 13.0. The fourth-order valence-electron chi connectivity index (χ4n) is 3.77. The van der Waals surface area contributed by atoms with E-state index < -0.39 is 0 Å². The van der Waals surface area contributed by atoms with Crippen LogP contribution in [0.5, 0.6) is 17.2 Å². The zero-order valence-corrected chi connectivity index (χ0v) is 18.6. The van der Waals surface area contributed by atoms with Crippen LogP contribution >= 0.6 is 0 Å². The van der Waals surface area contributed by atoms with Crippen LogP contribution in [0.4, 0.5) is 0 Å². The Kier molecular flexibility index (Phi) is 5.59. The molecule has 0 atom stereocenters. The Balaban J connectivity index is 1.70. The smallest absolute Gasteiger partial charge is 0.231 e. The first-order chi connectivity index (χ1) is 14.9. The molecule has 3 aromatic rings. The van der Waals surface area contributed by atoms with E-state index >= 15 is 0 Å². The van der Waals surface area contributed by atoms with E-state index in [1.165, 1.54) is 5.57 Å². The van der Waals surface area contributed by atoms with Gasteiger partial charge in [0.2, 0.25) is 5.78 Å².